The first-order valence-electron chi connectivity index (χ1n) is 4.16. The number of allylic oxidation sites excluding steroid dienone is 2. The Balaban J connectivity index is 2.69. The van der Waals surface area contributed by atoms with Gasteiger partial charge in [0.05, 0.1) is 6.10 Å². The third kappa shape index (κ3) is 1.93. The predicted octanol–water partition coefficient (Wildman–Crippen LogP) is 2.28. The van der Waals surface area contributed by atoms with Gasteiger partial charge in [-0.15, -0.1) is 0 Å². The molecule has 0 radical (unpaired) electrons. The minimum Gasteiger partial charge on any atom is -0.385 e. The van der Waals surface area contributed by atoms with Crippen LogP contribution in [-0.2, 0) is 0 Å². The first-order chi connectivity index (χ1) is 5.11. The highest BCUT2D eigenvalue weighted by molar-refractivity contribution is 5.26. The first kappa shape index (κ1) is 8.54. The van der Waals surface area contributed by atoms with E-state index in [9.17, 15) is 5.11 Å². The maximum atomic E-state index is 9.45. The van der Waals surface area contributed by atoms with E-state index < -0.39 is 0 Å². The Morgan fingerprint density at radius 3 is 2.64 bits per heavy atom. The van der Waals surface area contributed by atoms with Gasteiger partial charge in [0.15, 0.2) is 0 Å². The summed E-state index contributed by atoms with van der Waals surface area (Å²) in [6.45, 7) is 6.29. The average molecular weight is 152 g/mol. The number of hydrogen-bond donors (Lipinski definition) is 1. The van der Waals surface area contributed by atoms with E-state index in [-0.39, 0.29) is 6.10 Å². The quantitative estimate of drug-likeness (QED) is 0.571. The van der Waals surface area contributed by atoms with Gasteiger partial charge in [-0.05, 0) is 24.8 Å². The average Bonchev–Trinajstić information content (AvgIpc) is 1.94. The summed E-state index contributed by atoms with van der Waals surface area (Å²) in [4.78, 5) is 0. The fourth-order valence-corrected chi connectivity index (χ4v) is 1.23. The summed E-state index contributed by atoms with van der Waals surface area (Å²) in [5.41, 5.74) is 2.43. The fourth-order valence-electron chi connectivity index (χ4n) is 1.23. The lowest BCUT2D eigenvalue weighted by molar-refractivity contribution is 0.254. The Morgan fingerprint density at radius 1 is 1.55 bits per heavy atom. The summed E-state index contributed by atoms with van der Waals surface area (Å²) < 4.78 is 0. The molecule has 0 saturated carbocycles. The van der Waals surface area contributed by atoms with Crippen LogP contribution in [0.3, 0.4) is 0 Å². The topological polar surface area (TPSA) is 20.2 Å². The molecule has 0 aromatic carbocycles. The molecule has 1 atom stereocenters. The largest absolute Gasteiger partial charge is 0.385 e. The van der Waals surface area contributed by atoms with Crippen molar-refractivity contribution in [2.75, 3.05) is 0 Å². The van der Waals surface area contributed by atoms with Crippen LogP contribution >= 0.6 is 0 Å². The van der Waals surface area contributed by atoms with E-state index in [1.165, 1.54) is 5.57 Å². The number of aliphatic hydroxyl groups is 1. The minimum absolute atomic E-state index is 0.332. The zero-order valence-corrected chi connectivity index (χ0v) is 7.46. The molecular formula is C10H16O. The summed E-state index contributed by atoms with van der Waals surface area (Å²) in [5.74, 6) is 0.564. The van der Waals surface area contributed by atoms with Gasteiger partial charge in [0.2, 0.25) is 0 Å². The van der Waals surface area contributed by atoms with Crippen molar-refractivity contribution in [2.45, 2.75) is 33.3 Å². The maximum Gasteiger partial charge on any atom is 0.0932 e. The predicted molar refractivity (Wildman–Crippen MR) is 47.3 cm³/mol. The molecular weight excluding hydrogens is 136 g/mol. The van der Waals surface area contributed by atoms with Gasteiger partial charge in [-0.25, -0.2) is 0 Å². The van der Waals surface area contributed by atoms with Crippen LogP contribution in [0.2, 0.25) is 0 Å². The van der Waals surface area contributed by atoms with Crippen LogP contribution < -0.4 is 0 Å². The Hall–Kier alpha value is -0.560. The second-order valence-electron chi connectivity index (χ2n) is 3.49. The standard InChI is InChI=1S/C10H16O/c1-7(2)9-5-4-8(3)10(11)6-9/h4,6-7,10-11H,5H2,1-3H3/t10-/m0/s1. The van der Waals surface area contributed by atoms with Crippen molar-refractivity contribution in [3.8, 4) is 0 Å². The summed E-state index contributed by atoms with van der Waals surface area (Å²) in [5, 5.41) is 9.45. The molecule has 0 heterocycles. The zero-order valence-electron chi connectivity index (χ0n) is 7.46. The minimum atomic E-state index is -0.332. The van der Waals surface area contributed by atoms with Gasteiger partial charge < -0.3 is 5.11 Å². The van der Waals surface area contributed by atoms with Crippen LogP contribution in [0.15, 0.2) is 23.3 Å². The molecule has 1 nitrogen and oxygen atoms in total. The van der Waals surface area contributed by atoms with Gasteiger partial charge in [-0.1, -0.05) is 31.6 Å². The van der Waals surface area contributed by atoms with Crippen molar-refractivity contribution >= 4 is 0 Å². The highest BCUT2D eigenvalue weighted by Gasteiger charge is 2.12. The molecule has 1 heteroatoms. The smallest absolute Gasteiger partial charge is 0.0932 e. The van der Waals surface area contributed by atoms with E-state index in [1.54, 1.807) is 0 Å². The lowest BCUT2D eigenvalue weighted by Crippen LogP contribution is -2.11. The molecule has 1 aliphatic rings. The van der Waals surface area contributed by atoms with Gasteiger partial charge in [-0.3, -0.25) is 0 Å². The number of rotatable bonds is 1. The Bertz CT molecular complexity index is 199. The third-order valence-electron chi connectivity index (χ3n) is 2.24. The van der Waals surface area contributed by atoms with E-state index in [2.05, 4.69) is 19.9 Å². The molecule has 62 valence electrons. The molecule has 0 bridgehead atoms. The van der Waals surface area contributed by atoms with Crippen LogP contribution in [-0.4, -0.2) is 11.2 Å². The second kappa shape index (κ2) is 3.22. The normalized spacial score (nSPS) is 25.0. The van der Waals surface area contributed by atoms with Gasteiger partial charge in [-0.2, -0.15) is 0 Å². The first-order valence-corrected chi connectivity index (χ1v) is 4.16. The highest BCUT2D eigenvalue weighted by atomic mass is 16.3. The Labute approximate surface area is 68.4 Å². The van der Waals surface area contributed by atoms with E-state index in [4.69, 9.17) is 0 Å². The molecule has 0 aromatic heterocycles. The van der Waals surface area contributed by atoms with E-state index >= 15 is 0 Å². The van der Waals surface area contributed by atoms with Crippen molar-refractivity contribution in [3.63, 3.8) is 0 Å². The third-order valence-corrected chi connectivity index (χ3v) is 2.24. The SMILES string of the molecule is CC1=CCC(C(C)C)=C[C@@H]1O. The van der Waals surface area contributed by atoms with Crippen molar-refractivity contribution in [2.24, 2.45) is 5.92 Å². The monoisotopic (exact) mass is 152 g/mol. The zero-order chi connectivity index (χ0) is 8.43. The number of aliphatic hydroxyl groups excluding tert-OH is 1. The van der Waals surface area contributed by atoms with E-state index in [0.717, 1.165) is 12.0 Å². The molecule has 0 aliphatic heterocycles. The molecule has 0 spiro atoms. The van der Waals surface area contributed by atoms with Crippen molar-refractivity contribution < 1.29 is 5.11 Å². The van der Waals surface area contributed by atoms with E-state index in [0.29, 0.717) is 5.92 Å². The van der Waals surface area contributed by atoms with Crippen LogP contribution in [0, 0.1) is 5.92 Å². The van der Waals surface area contributed by atoms with Crippen LogP contribution in [0.5, 0.6) is 0 Å². The molecule has 1 aliphatic carbocycles. The van der Waals surface area contributed by atoms with Gasteiger partial charge in [0, 0.05) is 0 Å². The molecule has 0 amide bonds. The molecule has 0 fully saturated rings. The van der Waals surface area contributed by atoms with Crippen LogP contribution in [0.25, 0.3) is 0 Å². The molecule has 1 N–H and O–H groups in total. The molecule has 0 unspecified atom stereocenters. The Morgan fingerprint density at radius 2 is 2.18 bits per heavy atom. The van der Waals surface area contributed by atoms with E-state index in [1.807, 2.05) is 13.0 Å². The fraction of sp³-hybridized carbons (Fsp3) is 0.600. The highest BCUT2D eigenvalue weighted by Crippen LogP contribution is 2.22. The molecule has 11 heavy (non-hydrogen) atoms. The van der Waals surface area contributed by atoms with Crippen molar-refractivity contribution in [1.82, 2.24) is 0 Å². The summed E-state index contributed by atoms with van der Waals surface area (Å²) in [7, 11) is 0. The summed E-state index contributed by atoms with van der Waals surface area (Å²) in [6.07, 6.45) is 4.77. The summed E-state index contributed by atoms with van der Waals surface area (Å²) in [6, 6.07) is 0. The van der Waals surface area contributed by atoms with Crippen molar-refractivity contribution in [3.05, 3.63) is 23.3 Å². The van der Waals surface area contributed by atoms with Gasteiger partial charge in [0.25, 0.3) is 0 Å². The second-order valence-corrected chi connectivity index (χ2v) is 3.49. The Kier molecular flexibility index (Phi) is 2.50. The molecule has 0 aromatic rings. The van der Waals surface area contributed by atoms with Crippen LogP contribution in [0.4, 0.5) is 0 Å². The van der Waals surface area contributed by atoms with Gasteiger partial charge in [0.1, 0.15) is 0 Å². The van der Waals surface area contributed by atoms with Crippen LogP contribution in [0.1, 0.15) is 27.2 Å². The molecule has 1 rings (SSSR count). The maximum absolute atomic E-state index is 9.45. The molecule has 0 saturated heterocycles. The lowest BCUT2D eigenvalue weighted by Gasteiger charge is -2.18. The number of hydrogen-bond acceptors (Lipinski definition) is 1. The van der Waals surface area contributed by atoms with Gasteiger partial charge >= 0.3 is 0 Å². The summed E-state index contributed by atoms with van der Waals surface area (Å²) >= 11 is 0. The lowest BCUT2D eigenvalue weighted by atomic mass is 9.91. The van der Waals surface area contributed by atoms with Crippen molar-refractivity contribution in [1.29, 1.82) is 0 Å².